The molecule has 0 radical (unpaired) electrons. The van der Waals surface area contributed by atoms with Crippen LogP contribution in [0.15, 0.2) is 71.6 Å². The van der Waals surface area contributed by atoms with E-state index in [0.29, 0.717) is 10.7 Å². The standard InChI is InChI=1S/C31H38ClN3O4S/c1-7-24(5)33-31(37)25(6)34(19-26-11-13-27(32)14-12-26)30(36)20-35(28-15-10-22(3)23(4)18-28)40(38,39)29-16-8-21(2)9-17-29/h8-18,24-25H,7,19-20H2,1-6H3,(H,33,37)/t24-,25-/m1/s1. The fourth-order valence-corrected chi connectivity index (χ4v) is 5.61. The van der Waals surface area contributed by atoms with Crippen LogP contribution in [0.1, 0.15) is 49.4 Å². The Morgan fingerprint density at radius 2 is 1.52 bits per heavy atom. The Balaban J connectivity index is 2.04. The van der Waals surface area contributed by atoms with E-state index in [1.165, 1.54) is 17.0 Å². The lowest BCUT2D eigenvalue weighted by Crippen LogP contribution is -2.52. The number of amides is 2. The summed E-state index contributed by atoms with van der Waals surface area (Å²) in [5, 5.41) is 3.48. The number of carbonyl (C=O) groups is 2. The molecular formula is C31H38ClN3O4S. The van der Waals surface area contributed by atoms with Crippen LogP contribution in [0, 0.1) is 20.8 Å². The maximum atomic E-state index is 14.0. The van der Waals surface area contributed by atoms with Crippen LogP contribution in [-0.2, 0) is 26.2 Å². The molecule has 3 aromatic carbocycles. The van der Waals surface area contributed by atoms with Gasteiger partial charge in [-0.3, -0.25) is 13.9 Å². The van der Waals surface area contributed by atoms with Crippen molar-refractivity contribution in [2.24, 2.45) is 0 Å². The van der Waals surface area contributed by atoms with Crippen LogP contribution in [0.2, 0.25) is 5.02 Å². The van der Waals surface area contributed by atoms with Crippen molar-refractivity contribution < 1.29 is 18.0 Å². The third-order valence-electron chi connectivity index (χ3n) is 7.10. The van der Waals surface area contributed by atoms with E-state index in [0.717, 1.165) is 33.0 Å². The van der Waals surface area contributed by atoms with Crippen molar-refractivity contribution in [3.05, 3.63) is 94.0 Å². The van der Waals surface area contributed by atoms with Crippen molar-refractivity contribution >= 4 is 39.1 Å². The summed E-state index contributed by atoms with van der Waals surface area (Å²) in [6.45, 7) is 10.8. The first-order valence-corrected chi connectivity index (χ1v) is 15.2. The summed E-state index contributed by atoms with van der Waals surface area (Å²) in [6, 6.07) is 17.9. The number of nitrogens with zero attached hydrogens (tertiary/aromatic N) is 2. The Morgan fingerprint density at radius 1 is 0.900 bits per heavy atom. The van der Waals surface area contributed by atoms with Crippen LogP contribution in [0.4, 0.5) is 5.69 Å². The maximum Gasteiger partial charge on any atom is 0.264 e. The minimum atomic E-state index is -4.11. The summed E-state index contributed by atoms with van der Waals surface area (Å²) in [5.74, 6) is -0.813. The fourth-order valence-electron chi connectivity index (χ4n) is 4.08. The zero-order chi connectivity index (χ0) is 29.6. The predicted octanol–water partition coefficient (Wildman–Crippen LogP) is 5.79. The molecule has 2 amide bonds. The first-order chi connectivity index (χ1) is 18.8. The topological polar surface area (TPSA) is 86.8 Å². The number of hydrogen-bond acceptors (Lipinski definition) is 4. The summed E-state index contributed by atoms with van der Waals surface area (Å²) < 4.78 is 29.0. The summed E-state index contributed by atoms with van der Waals surface area (Å²) in [6.07, 6.45) is 0.735. The third kappa shape index (κ3) is 7.64. The SMILES string of the molecule is CC[C@@H](C)NC(=O)[C@@H](C)N(Cc1ccc(Cl)cc1)C(=O)CN(c1ccc(C)c(C)c1)S(=O)(=O)c1ccc(C)cc1. The molecule has 0 fully saturated rings. The number of sulfonamides is 1. The zero-order valence-corrected chi connectivity index (χ0v) is 25.5. The van der Waals surface area contributed by atoms with E-state index in [-0.39, 0.29) is 23.4 Å². The first kappa shape index (κ1) is 31.2. The fraction of sp³-hybridized carbons (Fsp3) is 0.355. The van der Waals surface area contributed by atoms with Gasteiger partial charge in [0.15, 0.2) is 0 Å². The minimum Gasteiger partial charge on any atom is -0.352 e. The molecule has 40 heavy (non-hydrogen) atoms. The van der Waals surface area contributed by atoms with Crippen molar-refractivity contribution in [3.63, 3.8) is 0 Å². The molecule has 0 heterocycles. The Hall–Kier alpha value is -3.36. The second-order valence-corrected chi connectivity index (χ2v) is 12.5. The van der Waals surface area contributed by atoms with Crippen LogP contribution in [0.3, 0.4) is 0 Å². The largest absolute Gasteiger partial charge is 0.352 e. The van der Waals surface area contributed by atoms with Crippen LogP contribution in [-0.4, -0.2) is 43.8 Å². The first-order valence-electron chi connectivity index (χ1n) is 13.3. The monoisotopic (exact) mass is 583 g/mol. The van der Waals surface area contributed by atoms with E-state index in [9.17, 15) is 18.0 Å². The molecule has 7 nitrogen and oxygen atoms in total. The molecule has 0 bridgehead atoms. The molecule has 3 aromatic rings. The highest BCUT2D eigenvalue weighted by Crippen LogP contribution is 2.27. The lowest BCUT2D eigenvalue weighted by Gasteiger charge is -2.32. The highest BCUT2D eigenvalue weighted by molar-refractivity contribution is 7.92. The summed E-state index contributed by atoms with van der Waals surface area (Å²) in [5.41, 5.74) is 3.96. The average Bonchev–Trinajstić information content (AvgIpc) is 2.92. The van der Waals surface area contributed by atoms with Gasteiger partial charge in [0, 0.05) is 17.6 Å². The Bertz CT molecular complexity index is 1440. The lowest BCUT2D eigenvalue weighted by molar-refractivity contribution is -0.139. The van der Waals surface area contributed by atoms with Crippen molar-refractivity contribution in [2.75, 3.05) is 10.8 Å². The maximum absolute atomic E-state index is 14.0. The predicted molar refractivity (Wildman–Crippen MR) is 161 cm³/mol. The number of halogens is 1. The second-order valence-electron chi connectivity index (χ2n) is 10.2. The number of aryl methyl sites for hydroxylation is 3. The normalized spacial score (nSPS) is 12.9. The number of rotatable bonds is 11. The van der Waals surface area contributed by atoms with E-state index in [1.807, 2.05) is 40.7 Å². The van der Waals surface area contributed by atoms with E-state index < -0.39 is 28.5 Å². The van der Waals surface area contributed by atoms with Gasteiger partial charge in [-0.05, 0) is 94.1 Å². The quantitative estimate of drug-likeness (QED) is 0.309. The van der Waals surface area contributed by atoms with Crippen LogP contribution in [0.25, 0.3) is 0 Å². The van der Waals surface area contributed by atoms with E-state index in [1.54, 1.807) is 55.5 Å². The molecule has 0 aliphatic heterocycles. The van der Waals surface area contributed by atoms with Crippen LogP contribution >= 0.6 is 11.6 Å². The van der Waals surface area contributed by atoms with Crippen LogP contribution < -0.4 is 9.62 Å². The summed E-state index contributed by atoms with van der Waals surface area (Å²) in [4.78, 5) is 28.6. The van der Waals surface area contributed by atoms with E-state index >= 15 is 0 Å². The number of nitrogens with one attached hydrogen (secondary N) is 1. The van der Waals surface area contributed by atoms with Crippen molar-refractivity contribution in [1.82, 2.24) is 10.2 Å². The second kappa shape index (κ2) is 13.3. The molecule has 1 N–H and O–H groups in total. The van der Waals surface area contributed by atoms with Gasteiger partial charge in [-0.15, -0.1) is 0 Å². The highest BCUT2D eigenvalue weighted by atomic mass is 35.5. The van der Waals surface area contributed by atoms with Gasteiger partial charge in [-0.2, -0.15) is 0 Å². The third-order valence-corrected chi connectivity index (χ3v) is 9.14. The molecular weight excluding hydrogens is 546 g/mol. The van der Waals surface area contributed by atoms with Crippen LogP contribution in [0.5, 0.6) is 0 Å². The van der Waals surface area contributed by atoms with Gasteiger partial charge < -0.3 is 10.2 Å². The molecule has 2 atom stereocenters. The van der Waals surface area contributed by atoms with Gasteiger partial charge in [0.2, 0.25) is 11.8 Å². The molecule has 9 heteroatoms. The molecule has 0 aliphatic carbocycles. The van der Waals surface area contributed by atoms with Gasteiger partial charge in [0.25, 0.3) is 10.0 Å². The lowest BCUT2D eigenvalue weighted by atomic mass is 10.1. The molecule has 214 valence electrons. The zero-order valence-electron chi connectivity index (χ0n) is 23.9. The van der Waals surface area contributed by atoms with Crippen molar-refractivity contribution in [2.45, 2.75) is 71.5 Å². The molecule has 3 rings (SSSR count). The summed E-state index contributed by atoms with van der Waals surface area (Å²) >= 11 is 6.06. The number of hydrogen-bond donors (Lipinski definition) is 1. The van der Waals surface area contributed by atoms with Gasteiger partial charge >= 0.3 is 0 Å². The van der Waals surface area contributed by atoms with E-state index in [2.05, 4.69) is 5.32 Å². The number of anilines is 1. The molecule has 0 unspecified atom stereocenters. The smallest absolute Gasteiger partial charge is 0.264 e. The van der Waals surface area contributed by atoms with Crippen molar-refractivity contribution in [1.29, 1.82) is 0 Å². The van der Waals surface area contributed by atoms with Gasteiger partial charge in [0.1, 0.15) is 12.6 Å². The highest BCUT2D eigenvalue weighted by Gasteiger charge is 2.33. The van der Waals surface area contributed by atoms with Crippen molar-refractivity contribution in [3.8, 4) is 0 Å². The summed E-state index contributed by atoms with van der Waals surface area (Å²) in [7, 11) is -4.11. The molecule has 0 saturated carbocycles. The molecule has 0 spiro atoms. The minimum absolute atomic E-state index is 0.0728. The molecule has 0 saturated heterocycles. The number of benzene rings is 3. The van der Waals surface area contributed by atoms with Gasteiger partial charge in [-0.1, -0.05) is 54.4 Å². The van der Waals surface area contributed by atoms with Gasteiger partial charge in [-0.25, -0.2) is 8.42 Å². The Morgan fingerprint density at radius 3 is 2.10 bits per heavy atom. The number of carbonyl (C=O) groups excluding carboxylic acids is 2. The van der Waals surface area contributed by atoms with Gasteiger partial charge in [0.05, 0.1) is 10.6 Å². The Kier molecular flexibility index (Phi) is 10.4. The Labute approximate surface area is 243 Å². The molecule has 0 aromatic heterocycles. The average molecular weight is 584 g/mol. The van der Waals surface area contributed by atoms with E-state index in [4.69, 9.17) is 11.6 Å². The molecule has 0 aliphatic rings.